The zero-order valence-corrected chi connectivity index (χ0v) is 22.3. The number of nitrogens with one attached hydrogen (secondary N) is 3. The summed E-state index contributed by atoms with van der Waals surface area (Å²) in [4.78, 5) is 28.4. The topological polar surface area (TPSA) is 73.5 Å². The molecule has 0 aromatic heterocycles. The lowest BCUT2D eigenvalue weighted by Crippen LogP contribution is -2.50. The molecule has 0 bridgehead atoms. The van der Waals surface area contributed by atoms with Gasteiger partial charge in [0.2, 0.25) is 5.91 Å². The highest BCUT2D eigenvalue weighted by molar-refractivity contribution is 5.94. The minimum absolute atomic E-state index is 0.159. The van der Waals surface area contributed by atoms with E-state index in [1.807, 2.05) is 60.7 Å². The van der Waals surface area contributed by atoms with E-state index in [-0.39, 0.29) is 17.8 Å². The van der Waals surface area contributed by atoms with Gasteiger partial charge in [0.15, 0.2) is 0 Å². The number of halogens is 1. The van der Waals surface area contributed by atoms with Gasteiger partial charge in [-0.3, -0.25) is 4.79 Å². The molecular formula is C32H37FN4O2. The van der Waals surface area contributed by atoms with Crippen molar-refractivity contribution in [3.8, 4) is 11.1 Å². The summed E-state index contributed by atoms with van der Waals surface area (Å²) in [6.07, 6.45) is 7.21. The van der Waals surface area contributed by atoms with Crippen LogP contribution in [-0.4, -0.2) is 37.6 Å². The smallest absolute Gasteiger partial charge is 0.319 e. The van der Waals surface area contributed by atoms with E-state index in [0.717, 1.165) is 48.2 Å². The molecule has 0 saturated heterocycles. The Bertz CT molecular complexity index is 1260. The predicted molar refractivity (Wildman–Crippen MR) is 154 cm³/mol. The van der Waals surface area contributed by atoms with Crippen LogP contribution in [0.4, 0.5) is 20.6 Å². The highest BCUT2D eigenvalue weighted by Crippen LogP contribution is 2.29. The summed E-state index contributed by atoms with van der Waals surface area (Å²) < 4.78 is 13.5. The highest BCUT2D eigenvalue weighted by atomic mass is 19.1. The van der Waals surface area contributed by atoms with Crippen LogP contribution in [0.5, 0.6) is 0 Å². The Labute approximate surface area is 230 Å². The lowest BCUT2D eigenvalue weighted by Gasteiger charge is -2.27. The Morgan fingerprint density at radius 2 is 1.67 bits per heavy atom. The first-order valence-electron chi connectivity index (χ1n) is 14.1. The van der Waals surface area contributed by atoms with E-state index in [2.05, 4.69) is 20.9 Å². The predicted octanol–water partition coefficient (Wildman–Crippen LogP) is 6.13. The number of nitrogens with zero attached hydrogens (tertiary/aromatic N) is 1. The minimum Gasteiger partial charge on any atom is -0.369 e. The molecular weight excluding hydrogens is 491 g/mol. The molecule has 204 valence electrons. The molecule has 0 spiro atoms. The lowest BCUT2D eigenvalue weighted by atomic mass is 9.84. The van der Waals surface area contributed by atoms with E-state index in [1.54, 1.807) is 6.07 Å². The summed E-state index contributed by atoms with van der Waals surface area (Å²) >= 11 is 0. The maximum absolute atomic E-state index is 13.5. The van der Waals surface area contributed by atoms with Crippen LogP contribution in [-0.2, 0) is 11.2 Å². The molecule has 1 heterocycles. The van der Waals surface area contributed by atoms with Gasteiger partial charge in [-0.15, -0.1) is 0 Å². The van der Waals surface area contributed by atoms with Gasteiger partial charge in [-0.25, -0.2) is 9.18 Å². The van der Waals surface area contributed by atoms with Gasteiger partial charge >= 0.3 is 6.03 Å². The summed E-state index contributed by atoms with van der Waals surface area (Å²) in [6, 6.07) is 21.7. The van der Waals surface area contributed by atoms with E-state index in [4.69, 9.17) is 0 Å². The molecule has 1 aliphatic carbocycles. The molecule has 1 unspecified atom stereocenters. The molecule has 3 aromatic rings. The van der Waals surface area contributed by atoms with Crippen molar-refractivity contribution in [3.63, 3.8) is 0 Å². The van der Waals surface area contributed by atoms with Crippen molar-refractivity contribution in [3.05, 3.63) is 84.2 Å². The molecule has 1 atom stereocenters. The molecule has 1 fully saturated rings. The fourth-order valence-corrected chi connectivity index (χ4v) is 5.80. The normalized spacial score (nSPS) is 15.9. The van der Waals surface area contributed by atoms with Crippen molar-refractivity contribution in [1.29, 1.82) is 0 Å². The van der Waals surface area contributed by atoms with Crippen LogP contribution in [0.2, 0.25) is 0 Å². The van der Waals surface area contributed by atoms with E-state index >= 15 is 0 Å². The largest absolute Gasteiger partial charge is 0.369 e. The third kappa shape index (κ3) is 7.16. The number of carbonyl (C=O) groups excluding carboxylic acids is 2. The molecule has 39 heavy (non-hydrogen) atoms. The third-order valence-corrected chi connectivity index (χ3v) is 7.88. The first-order valence-corrected chi connectivity index (χ1v) is 14.1. The van der Waals surface area contributed by atoms with Crippen LogP contribution in [0.15, 0.2) is 72.8 Å². The average molecular weight is 529 g/mol. The van der Waals surface area contributed by atoms with Crippen LogP contribution >= 0.6 is 0 Å². The van der Waals surface area contributed by atoms with Crippen LogP contribution in [0.25, 0.3) is 11.1 Å². The monoisotopic (exact) mass is 528 g/mol. The Morgan fingerprint density at radius 3 is 2.44 bits per heavy atom. The second-order valence-corrected chi connectivity index (χ2v) is 10.6. The first kappa shape index (κ1) is 26.7. The molecule has 3 N–H and O–H groups in total. The van der Waals surface area contributed by atoms with Gasteiger partial charge in [-0.05, 0) is 65.8 Å². The molecule has 1 aliphatic heterocycles. The van der Waals surface area contributed by atoms with Gasteiger partial charge < -0.3 is 20.9 Å². The van der Waals surface area contributed by atoms with Crippen molar-refractivity contribution in [1.82, 2.24) is 10.6 Å². The van der Waals surface area contributed by atoms with Crippen LogP contribution in [0, 0.1) is 11.7 Å². The van der Waals surface area contributed by atoms with E-state index in [9.17, 15) is 14.0 Å². The number of hydrogen-bond donors (Lipinski definition) is 3. The van der Waals surface area contributed by atoms with Crippen molar-refractivity contribution in [2.24, 2.45) is 5.92 Å². The Balaban J connectivity index is 1.17. The molecule has 7 heteroatoms. The fraction of sp³-hybridized carbons (Fsp3) is 0.375. The number of urea groups is 1. The molecule has 2 aliphatic rings. The average Bonchev–Trinajstić information content (AvgIpc) is 3.36. The number of carbonyl (C=O) groups is 2. The van der Waals surface area contributed by atoms with E-state index < -0.39 is 6.04 Å². The molecule has 0 radical (unpaired) electrons. The van der Waals surface area contributed by atoms with Crippen molar-refractivity contribution in [2.75, 3.05) is 29.9 Å². The number of fused-ring (bicyclic) bond motifs is 1. The van der Waals surface area contributed by atoms with E-state index in [0.29, 0.717) is 31.1 Å². The molecule has 1 saturated carbocycles. The summed E-state index contributed by atoms with van der Waals surface area (Å²) in [6.45, 7) is 1.91. The third-order valence-electron chi connectivity index (χ3n) is 7.88. The number of benzene rings is 3. The van der Waals surface area contributed by atoms with Gasteiger partial charge in [0.05, 0.1) is 0 Å². The van der Waals surface area contributed by atoms with E-state index in [1.165, 1.54) is 25.3 Å². The van der Waals surface area contributed by atoms with Crippen LogP contribution in [0.3, 0.4) is 0 Å². The second kappa shape index (κ2) is 12.8. The first-order chi connectivity index (χ1) is 19.0. The maximum Gasteiger partial charge on any atom is 0.319 e. The number of rotatable bonds is 9. The summed E-state index contributed by atoms with van der Waals surface area (Å²) in [7, 11) is 0. The Hall–Kier alpha value is -3.87. The molecule has 5 rings (SSSR count). The maximum atomic E-state index is 13.5. The Morgan fingerprint density at radius 1 is 0.923 bits per heavy atom. The minimum atomic E-state index is -0.600. The summed E-state index contributed by atoms with van der Waals surface area (Å²) in [5.74, 6) is 0.0555. The van der Waals surface area contributed by atoms with Gasteiger partial charge in [-0.1, -0.05) is 74.6 Å². The summed E-state index contributed by atoms with van der Waals surface area (Å²) in [5.41, 5.74) is 4.89. The Kier molecular flexibility index (Phi) is 8.76. The highest BCUT2D eigenvalue weighted by Gasteiger charge is 2.26. The number of hydrogen-bond acceptors (Lipinski definition) is 3. The van der Waals surface area contributed by atoms with Gasteiger partial charge in [0.25, 0.3) is 0 Å². The standard InChI is InChI=1S/C32H37FN4O2/c33-27-13-16-30-26(22-27)17-19-37(30)20-18-34-31(38)29(21-23-7-3-1-4-8-23)36-32(39)35-28-14-11-25(12-15-28)24-9-5-2-6-10-24/h2,5-6,9-16,22-23,29H,1,3-4,7-8,17-21H2,(H,34,38)(H2,35,36,39). The molecule has 3 aromatic carbocycles. The van der Waals surface area contributed by atoms with Crippen molar-refractivity contribution >= 4 is 23.3 Å². The number of amides is 3. The van der Waals surface area contributed by atoms with Crippen molar-refractivity contribution in [2.45, 2.75) is 51.0 Å². The van der Waals surface area contributed by atoms with Crippen LogP contribution in [0.1, 0.15) is 44.1 Å². The molecule has 3 amide bonds. The van der Waals surface area contributed by atoms with Gasteiger partial charge in [0, 0.05) is 31.0 Å². The second-order valence-electron chi connectivity index (χ2n) is 10.6. The quantitative estimate of drug-likeness (QED) is 0.313. The van der Waals surface area contributed by atoms with Crippen molar-refractivity contribution < 1.29 is 14.0 Å². The van der Waals surface area contributed by atoms with Gasteiger partial charge in [0.1, 0.15) is 11.9 Å². The zero-order valence-electron chi connectivity index (χ0n) is 22.3. The van der Waals surface area contributed by atoms with Gasteiger partial charge in [-0.2, -0.15) is 0 Å². The summed E-state index contributed by atoms with van der Waals surface area (Å²) in [5, 5.41) is 8.87. The lowest BCUT2D eigenvalue weighted by molar-refractivity contribution is -0.123. The number of anilines is 2. The fourth-order valence-electron chi connectivity index (χ4n) is 5.80. The molecule has 6 nitrogen and oxygen atoms in total. The SMILES string of the molecule is O=C(Nc1ccc(-c2ccccc2)cc1)NC(CC1CCCCC1)C(=O)NCCN1CCc2cc(F)ccc21. The van der Waals surface area contributed by atoms with Crippen LogP contribution < -0.4 is 20.9 Å². The zero-order chi connectivity index (χ0) is 27.0.